The van der Waals surface area contributed by atoms with Crippen LogP contribution in [-0.4, -0.2) is 91.3 Å². The van der Waals surface area contributed by atoms with Crippen molar-refractivity contribution in [2.75, 3.05) is 24.5 Å². The monoisotopic (exact) mass is 731 g/mol. The predicted octanol–water partition coefficient (Wildman–Crippen LogP) is 6.84. The van der Waals surface area contributed by atoms with Crippen LogP contribution in [0.2, 0.25) is 5.28 Å². The lowest BCUT2D eigenvalue weighted by molar-refractivity contribution is -0.120. The summed E-state index contributed by atoms with van der Waals surface area (Å²) in [4.78, 5) is 40.1. The van der Waals surface area contributed by atoms with Gasteiger partial charge in [-0.15, -0.1) is 10.2 Å². The zero-order valence-corrected chi connectivity index (χ0v) is 29.9. The number of carbonyl (C=O) groups is 2. The summed E-state index contributed by atoms with van der Waals surface area (Å²) in [7, 11) is 0. The molecule has 0 unspecified atom stereocenters. The molecule has 3 aliphatic rings. The van der Waals surface area contributed by atoms with Crippen LogP contribution in [-0.2, 0) is 17.7 Å². The van der Waals surface area contributed by atoms with Gasteiger partial charge in [0.15, 0.2) is 5.82 Å². The van der Waals surface area contributed by atoms with E-state index in [4.69, 9.17) is 25.8 Å². The molecule has 2 fully saturated rings. The van der Waals surface area contributed by atoms with Crippen molar-refractivity contribution in [3.05, 3.63) is 58.4 Å². The van der Waals surface area contributed by atoms with E-state index in [0.29, 0.717) is 45.4 Å². The first kappa shape index (κ1) is 36.4. The molecular formula is C35H41ClF3N7O5. The molecule has 4 heterocycles. The molecule has 0 bridgehead atoms. The third kappa shape index (κ3) is 8.40. The lowest BCUT2D eigenvalue weighted by Gasteiger charge is -2.44. The normalized spacial score (nSPS) is 17.8. The number of rotatable bonds is 8. The fraction of sp³-hybridized carbons (Fsp3) is 0.543. The number of hydrogen-bond acceptors (Lipinski definition) is 10. The SMILES string of the molecule is CC(C)N(C(=O)c1cc(F)ccc1Oc1nnc(Cl)nc1N1CCC(Oc2ccnc3c2CCN(C(=O)OC(C)(C)C)C3)CC1)C1CC(F)(F)C1. The van der Waals surface area contributed by atoms with Crippen molar-refractivity contribution in [1.82, 2.24) is 30.0 Å². The van der Waals surface area contributed by atoms with E-state index < -0.39 is 48.2 Å². The van der Waals surface area contributed by atoms with Crippen LogP contribution in [0.25, 0.3) is 0 Å². The van der Waals surface area contributed by atoms with E-state index in [-0.39, 0.29) is 40.5 Å². The minimum Gasteiger partial charge on any atom is -0.490 e. The Balaban J connectivity index is 1.14. The number of alkyl halides is 2. The van der Waals surface area contributed by atoms with Crippen molar-refractivity contribution in [1.29, 1.82) is 0 Å². The molecule has 1 saturated carbocycles. The molecule has 0 atom stereocenters. The average Bonchev–Trinajstić information content (AvgIpc) is 3.05. The van der Waals surface area contributed by atoms with E-state index in [0.717, 1.165) is 29.1 Å². The van der Waals surface area contributed by atoms with E-state index in [1.807, 2.05) is 31.7 Å². The average molecular weight is 732 g/mol. The fourth-order valence-electron chi connectivity index (χ4n) is 6.59. The number of pyridine rings is 1. The van der Waals surface area contributed by atoms with Crippen molar-refractivity contribution >= 4 is 29.4 Å². The number of aromatic nitrogens is 4. The maximum atomic E-state index is 14.5. The number of halogens is 4. The Morgan fingerprint density at radius 3 is 2.45 bits per heavy atom. The van der Waals surface area contributed by atoms with Gasteiger partial charge in [0.05, 0.1) is 17.8 Å². The quantitative estimate of drug-likeness (QED) is 0.243. The summed E-state index contributed by atoms with van der Waals surface area (Å²) >= 11 is 6.16. The molecular weight excluding hydrogens is 691 g/mol. The van der Waals surface area contributed by atoms with Gasteiger partial charge in [-0.3, -0.25) is 9.78 Å². The number of fused-ring (bicyclic) bond motifs is 1. The summed E-state index contributed by atoms with van der Waals surface area (Å²) in [6.07, 6.45) is 2.04. The number of anilines is 1. The number of carbonyl (C=O) groups excluding carboxylic acids is 2. The highest BCUT2D eigenvalue weighted by molar-refractivity contribution is 6.28. The van der Waals surface area contributed by atoms with Crippen molar-refractivity contribution in [2.45, 2.75) is 103 Å². The van der Waals surface area contributed by atoms with Crippen molar-refractivity contribution in [2.24, 2.45) is 0 Å². The smallest absolute Gasteiger partial charge is 0.410 e. The maximum absolute atomic E-state index is 14.5. The number of piperidine rings is 1. The van der Waals surface area contributed by atoms with Crippen LogP contribution in [0, 0.1) is 5.82 Å². The van der Waals surface area contributed by atoms with Gasteiger partial charge in [0.25, 0.3) is 17.7 Å². The molecule has 12 nitrogen and oxygen atoms in total. The minimum atomic E-state index is -2.85. The van der Waals surface area contributed by atoms with Crippen LogP contribution < -0.4 is 14.4 Å². The Kier molecular flexibility index (Phi) is 10.2. The van der Waals surface area contributed by atoms with Crippen molar-refractivity contribution in [3.63, 3.8) is 0 Å². The Labute approximate surface area is 299 Å². The highest BCUT2D eigenvalue weighted by atomic mass is 35.5. The third-order valence-corrected chi connectivity index (χ3v) is 9.17. The van der Waals surface area contributed by atoms with Crippen LogP contribution in [0.3, 0.4) is 0 Å². The summed E-state index contributed by atoms with van der Waals surface area (Å²) in [5.41, 5.74) is 1.01. The molecule has 1 aliphatic carbocycles. The molecule has 274 valence electrons. The number of amides is 2. The van der Waals surface area contributed by atoms with Crippen LogP contribution >= 0.6 is 11.6 Å². The zero-order valence-electron chi connectivity index (χ0n) is 29.2. The summed E-state index contributed by atoms with van der Waals surface area (Å²) in [6.45, 7) is 10.7. The van der Waals surface area contributed by atoms with Gasteiger partial charge < -0.3 is 28.9 Å². The Bertz CT molecular complexity index is 1780. The second-order valence-electron chi connectivity index (χ2n) is 14.4. The van der Waals surface area contributed by atoms with Crippen LogP contribution in [0.1, 0.15) is 81.9 Å². The van der Waals surface area contributed by atoms with Crippen LogP contribution in [0.15, 0.2) is 30.5 Å². The van der Waals surface area contributed by atoms with Gasteiger partial charge >= 0.3 is 6.09 Å². The minimum absolute atomic E-state index is 0.0243. The van der Waals surface area contributed by atoms with Crippen LogP contribution in [0.5, 0.6) is 17.4 Å². The molecule has 51 heavy (non-hydrogen) atoms. The van der Waals surface area contributed by atoms with E-state index in [9.17, 15) is 22.8 Å². The molecule has 6 rings (SSSR count). The summed E-state index contributed by atoms with van der Waals surface area (Å²) in [6, 6.07) is 4.18. The van der Waals surface area contributed by atoms with E-state index in [1.54, 1.807) is 24.9 Å². The topological polar surface area (TPSA) is 123 Å². The highest BCUT2D eigenvalue weighted by Gasteiger charge is 2.50. The largest absolute Gasteiger partial charge is 0.490 e. The Morgan fingerprint density at radius 1 is 1.06 bits per heavy atom. The molecule has 2 amide bonds. The lowest BCUT2D eigenvalue weighted by Crippen LogP contribution is -2.55. The van der Waals surface area contributed by atoms with Gasteiger partial charge in [-0.1, -0.05) is 0 Å². The molecule has 2 aliphatic heterocycles. The van der Waals surface area contributed by atoms with Gasteiger partial charge in [0.2, 0.25) is 5.28 Å². The van der Waals surface area contributed by atoms with Crippen LogP contribution in [0.4, 0.5) is 23.8 Å². The van der Waals surface area contributed by atoms with Gasteiger partial charge in [0.1, 0.15) is 29.0 Å². The van der Waals surface area contributed by atoms with Gasteiger partial charge in [-0.2, -0.15) is 4.98 Å². The van der Waals surface area contributed by atoms with Gasteiger partial charge in [-0.05, 0) is 76.9 Å². The molecule has 0 spiro atoms. The second-order valence-corrected chi connectivity index (χ2v) is 14.7. The molecule has 3 aromatic rings. The molecule has 0 N–H and O–H groups in total. The molecule has 0 radical (unpaired) electrons. The van der Waals surface area contributed by atoms with Gasteiger partial charge in [-0.25, -0.2) is 18.0 Å². The Hall–Kier alpha value is -4.40. The highest BCUT2D eigenvalue weighted by Crippen LogP contribution is 2.42. The zero-order chi connectivity index (χ0) is 36.7. The Morgan fingerprint density at radius 2 is 1.78 bits per heavy atom. The standard InChI is InChI=1S/C35H41ClF3N7O5/c1-20(2)46(22-17-35(38,39)18-22)31(47)25-16-21(37)6-7-27(25)50-30-29(41-32(36)43-42-30)44-13-9-23(10-14-44)49-28-8-12-40-26-19-45(15-11-24(26)28)33(48)51-34(3,4)5/h6-8,12,16,20,22-23H,9-11,13-15,17-19H2,1-5H3. The first-order valence-electron chi connectivity index (χ1n) is 17.0. The maximum Gasteiger partial charge on any atom is 0.410 e. The first-order chi connectivity index (χ1) is 24.1. The number of hydrogen-bond donors (Lipinski definition) is 0. The van der Waals surface area contributed by atoms with E-state index in [1.165, 1.54) is 11.0 Å². The summed E-state index contributed by atoms with van der Waals surface area (Å²) in [5, 5.41) is 7.82. The van der Waals surface area contributed by atoms with Crippen molar-refractivity contribution < 1.29 is 37.0 Å². The third-order valence-electron chi connectivity index (χ3n) is 9.01. The second kappa shape index (κ2) is 14.3. The summed E-state index contributed by atoms with van der Waals surface area (Å²) < 4.78 is 60.1. The predicted molar refractivity (Wildman–Crippen MR) is 181 cm³/mol. The van der Waals surface area contributed by atoms with E-state index in [2.05, 4.69) is 20.2 Å². The number of ether oxygens (including phenoxy) is 3. The molecule has 1 aromatic carbocycles. The fourth-order valence-corrected chi connectivity index (χ4v) is 6.71. The lowest BCUT2D eigenvalue weighted by atomic mass is 9.85. The van der Waals surface area contributed by atoms with Crippen molar-refractivity contribution in [3.8, 4) is 17.4 Å². The van der Waals surface area contributed by atoms with Gasteiger partial charge in [0, 0.05) is 69.2 Å². The molecule has 16 heteroatoms. The molecule has 2 aromatic heterocycles. The molecule has 1 saturated heterocycles. The number of benzene rings is 1. The number of nitrogens with zero attached hydrogens (tertiary/aromatic N) is 7. The first-order valence-corrected chi connectivity index (χ1v) is 17.4. The summed E-state index contributed by atoms with van der Waals surface area (Å²) in [5.74, 6) is -3.24. The van der Waals surface area contributed by atoms with E-state index >= 15 is 0 Å².